The van der Waals surface area contributed by atoms with Gasteiger partial charge in [0, 0.05) is 26.2 Å². The maximum atomic E-state index is 12.7. The van der Waals surface area contributed by atoms with E-state index in [0.717, 1.165) is 12.0 Å². The first-order valence-electron chi connectivity index (χ1n) is 7.78. The number of nitrogens with zero attached hydrogens (tertiary/aromatic N) is 3. The molecule has 0 aliphatic carbocycles. The van der Waals surface area contributed by atoms with Gasteiger partial charge in [-0.1, -0.05) is 19.1 Å². The van der Waals surface area contributed by atoms with E-state index >= 15 is 0 Å². The summed E-state index contributed by atoms with van der Waals surface area (Å²) in [5.74, 6) is 0. The third-order valence-electron chi connectivity index (χ3n) is 4.40. The van der Waals surface area contributed by atoms with Gasteiger partial charge < -0.3 is 4.90 Å². The minimum absolute atomic E-state index is 0.125. The summed E-state index contributed by atoms with van der Waals surface area (Å²) in [6.45, 7) is 3.10. The Morgan fingerprint density at radius 3 is 2.54 bits per heavy atom. The lowest BCUT2D eigenvalue weighted by Crippen LogP contribution is -2.59. The van der Waals surface area contributed by atoms with Crippen LogP contribution in [0.1, 0.15) is 12.5 Å². The van der Waals surface area contributed by atoms with Crippen molar-refractivity contribution in [3.05, 3.63) is 52.4 Å². The maximum absolute atomic E-state index is 12.7. The van der Waals surface area contributed by atoms with Crippen molar-refractivity contribution < 1.29 is 8.42 Å². The Bertz CT molecular complexity index is 871. The van der Waals surface area contributed by atoms with Gasteiger partial charge in [-0.25, -0.2) is 13.5 Å². The largest absolute Gasteiger partial charge is 0.367 e. The number of aromatic nitrogens is 2. The predicted octanol–water partition coefficient (Wildman–Crippen LogP) is 0.842. The Balaban J connectivity index is 1.70. The summed E-state index contributed by atoms with van der Waals surface area (Å²) in [5.41, 5.74) is 1.54. The fourth-order valence-corrected chi connectivity index (χ4v) is 4.03. The summed E-state index contributed by atoms with van der Waals surface area (Å²) in [4.78, 5) is 13.5. The Labute approximate surface area is 141 Å². The number of likely N-dealkylation sites (N-methyl/N-ethyl adjacent to an activating group) is 1. The SMILES string of the molecule is CCc1ccc(S(=O)(=O)N(C)C2CN(c3cn[nH]c(=O)c3)C2)cc1. The highest BCUT2D eigenvalue weighted by Gasteiger charge is 2.36. The summed E-state index contributed by atoms with van der Waals surface area (Å²) < 4.78 is 26.8. The average Bonchev–Trinajstić information content (AvgIpc) is 2.53. The predicted molar refractivity (Wildman–Crippen MR) is 91.6 cm³/mol. The molecule has 2 heterocycles. The molecule has 2 aromatic rings. The van der Waals surface area contributed by atoms with Gasteiger partial charge in [0.1, 0.15) is 0 Å². The monoisotopic (exact) mass is 348 g/mol. The number of rotatable bonds is 5. The second kappa shape index (κ2) is 6.37. The number of sulfonamides is 1. The number of nitrogens with one attached hydrogen (secondary N) is 1. The van der Waals surface area contributed by atoms with Crippen LogP contribution in [0, 0.1) is 0 Å². The molecule has 1 aromatic carbocycles. The molecular weight excluding hydrogens is 328 g/mol. The van der Waals surface area contributed by atoms with Crippen LogP contribution in [-0.4, -0.2) is 49.1 Å². The molecule has 0 spiro atoms. The van der Waals surface area contributed by atoms with Crippen LogP contribution in [0.2, 0.25) is 0 Å². The van der Waals surface area contributed by atoms with Crippen LogP contribution in [-0.2, 0) is 16.4 Å². The van der Waals surface area contributed by atoms with Gasteiger partial charge in [-0.2, -0.15) is 9.40 Å². The number of hydrogen-bond donors (Lipinski definition) is 1. The maximum Gasteiger partial charge on any atom is 0.266 e. The Kier molecular flexibility index (Phi) is 4.42. The van der Waals surface area contributed by atoms with Crippen molar-refractivity contribution in [1.29, 1.82) is 0 Å². The van der Waals surface area contributed by atoms with Crippen LogP contribution in [0.5, 0.6) is 0 Å². The minimum atomic E-state index is -3.51. The average molecular weight is 348 g/mol. The number of hydrogen-bond acceptors (Lipinski definition) is 5. The van der Waals surface area contributed by atoms with Crippen molar-refractivity contribution in [1.82, 2.24) is 14.5 Å². The number of anilines is 1. The molecule has 0 saturated carbocycles. The molecule has 128 valence electrons. The summed E-state index contributed by atoms with van der Waals surface area (Å²) in [7, 11) is -1.92. The van der Waals surface area contributed by atoms with Crippen molar-refractivity contribution in [2.45, 2.75) is 24.3 Å². The fraction of sp³-hybridized carbons (Fsp3) is 0.375. The molecule has 1 fully saturated rings. The first-order valence-corrected chi connectivity index (χ1v) is 9.22. The molecule has 1 aliphatic rings. The van der Waals surface area contributed by atoms with Gasteiger partial charge in [-0.15, -0.1) is 0 Å². The molecule has 3 rings (SSSR count). The number of aryl methyl sites for hydroxylation is 1. The van der Waals surface area contributed by atoms with E-state index in [0.29, 0.717) is 23.7 Å². The van der Waals surface area contributed by atoms with Gasteiger partial charge in [0.2, 0.25) is 10.0 Å². The standard InChI is InChI=1S/C16H20N4O3S/c1-3-12-4-6-15(7-5-12)24(22,23)19(2)14-10-20(11-14)13-8-16(21)18-17-9-13/h4-9,14H,3,10-11H2,1-2H3,(H,18,21). The van der Waals surface area contributed by atoms with Gasteiger partial charge >= 0.3 is 0 Å². The lowest BCUT2D eigenvalue weighted by Gasteiger charge is -2.44. The van der Waals surface area contributed by atoms with Crippen LogP contribution in [0.3, 0.4) is 0 Å². The van der Waals surface area contributed by atoms with E-state index in [-0.39, 0.29) is 11.6 Å². The first-order chi connectivity index (χ1) is 11.4. The summed E-state index contributed by atoms with van der Waals surface area (Å²) in [6, 6.07) is 8.33. The van der Waals surface area contributed by atoms with Gasteiger partial charge in [0.25, 0.3) is 5.56 Å². The summed E-state index contributed by atoms with van der Waals surface area (Å²) in [5, 5.41) is 6.08. The molecule has 0 atom stereocenters. The number of H-pyrrole nitrogens is 1. The van der Waals surface area contributed by atoms with E-state index in [9.17, 15) is 13.2 Å². The van der Waals surface area contributed by atoms with Crippen LogP contribution >= 0.6 is 0 Å². The highest BCUT2D eigenvalue weighted by Crippen LogP contribution is 2.25. The molecule has 0 unspecified atom stereocenters. The van der Waals surface area contributed by atoms with Crippen molar-refractivity contribution in [3.8, 4) is 0 Å². The Morgan fingerprint density at radius 2 is 1.96 bits per heavy atom. The molecular formula is C16H20N4O3S. The second-order valence-electron chi connectivity index (χ2n) is 5.88. The van der Waals surface area contributed by atoms with Crippen LogP contribution < -0.4 is 10.5 Å². The van der Waals surface area contributed by atoms with Crippen LogP contribution in [0.25, 0.3) is 0 Å². The van der Waals surface area contributed by atoms with Crippen molar-refractivity contribution in [2.24, 2.45) is 0 Å². The summed E-state index contributed by atoms with van der Waals surface area (Å²) >= 11 is 0. The van der Waals surface area contributed by atoms with Crippen LogP contribution in [0.4, 0.5) is 5.69 Å². The van der Waals surface area contributed by atoms with Crippen molar-refractivity contribution in [3.63, 3.8) is 0 Å². The smallest absolute Gasteiger partial charge is 0.266 e. The highest BCUT2D eigenvalue weighted by atomic mass is 32.2. The highest BCUT2D eigenvalue weighted by molar-refractivity contribution is 7.89. The van der Waals surface area contributed by atoms with E-state index < -0.39 is 10.0 Å². The van der Waals surface area contributed by atoms with Gasteiger partial charge in [0.15, 0.2) is 0 Å². The van der Waals surface area contributed by atoms with Crippen molar-refractivity contribution >= 4 is 15.7 Å². The van der Waals surface area contributed by atoms with E-state index in [1.165, 1.54) is 10.4 Å². The fourth-order valence-electron chi connectivity index (χ4n) is 2.69. The second-order valence-corrected chi connectivity index (χ2v) is 7.88. The molecule has 1 aromatic heterocycles. The van der Waals surface area contributed by atoms with E-state index in [1.54, 1.807) is 25.4 Å². The minimum Gasteiger partial charge on any atom is -0.367 e. The lowest BCUT2D eigenvalue weighted by atomic mass is 10.1. The lowest BCUT2D eigenvalue weighted by molar-refractivity contribution is 0.310. The zero-order valence-corrected chi connectivity index (χ0v) is 14.5. The van der Waals surface area contributed by atoms with E-state index in [2.05, 4.69) is 10.2 Å². The first kappa shape index (κ1) is 16.7. The molecule has 8 heteroatoms. The molecule has 1 N–H and O–H groups in total. The van der Waals surface area contributed by atoms with Gasteiger partial charge in [-0.05, 0) is 24.1 Å². The van der Waals surface area contributed by atoms with E-state index in [4.69, 9.17) is 0 Å². The molecule has 7 nitrogen and oxygen atoms in total. The van der Waals surface area contributed by atoms with Gasteiger partial charge in [0.05, 0.1) is 22.8 Å². The summed E-state index contributed by atoms with van der Waals surface area (Å²) in [6.07, 6.45) is 2.44. The molecule has 24 heavy (non-hydrogen) atoms. The Hall–Kier alpha value is -2.19. The van der Waals surface area contributed by atoms with Crippen molar-refractivity contribution in [2.75, 3.05) is 25.0 Å². The third-order valence-corrected chi connectivity index (χ3v) is 6.33. The molecule has 1 aliphatic heterocycles. The van der Waals surface area contributed by atoms with Crippen LogP contribution in [0.15, 0.2) is 46.2 Å². The molecule has 0 bridgehead atoms. The van der Waals surface area contributed by atoms with Gasteiger partial charge in [-0.3, -0.25) is 4.79 Å². The van der Waals surface area contributed by atoms with E-state index in [1.807, 2.05) is 24.0 Å². The topological polar surface area (TPSA) is 86.4 Å². The zero-order chi connectivity index (χ0) is 17.3. The molecule has 0 amide bonds. The zero-order valence-electron chi connectivity index (χ0n) is 13.6. The molecule has 1 saturated heterocycles. The number of aromatic amines is 1. The molecule has 0 radical (unpaired) electrons. The Morgan fingerprint density at radius 1 is 1.29 bits per heavy atom. The third kappa shape index (κ3) is 3.07. The quantitative estimate of drug-likeness (QED) is 0.865. The normalized spacial score (nSPS) is 15.5. The number of benzene rings is 1.